The Morgan fingerprint density at radius 2 is 1.64 bits per heavy atom. The number of thioether (sulfide) groups is 1. The van der Waals surface area contributed by atoms with Gasteiger partial charge in [-0.25, -0.2) is 0 Å². The van der Waals surface area contributed by atoms with Crippen molar-refractivity contribution >= 4 is 23.4 Å². The fraction of sp³-hybridized carbons (Fsp3) is 0.316. The fourth-order valence-corrected chi connectivity index (χ4v) is 3.09. The minimum atomic E-state index is 0.195. The van der Waals surface area contributed by atoms with Crippen molar-refractivity contribution in [1.82, 2.24) is 0 Å². The molecule has 0 heterocycles. The molecule has 0 saturated carbocycles. The van der Waals surface area contributed by atoms with Gasteiger partial charge >= 0.3 is 0 Å². The number of amides is 1. The van der Waals surface area contributed by atoms with Crippen molar-refractivity contribution < 1.29 is 4.79 Å². The van der Waals surface area contributed by atoms with E-state index in [1.165, 1.54) is 5.56 Å². The second kappa shape index (κ2) is 9.31. The Labute approximate surface area is 137 Å². The molecule has 0 radical (unpaired) electrons. The number of carbonyl (C=O) groups is 1. The molecule has 2 nitrogen and oxygen atoms in total. The third kappa shape index (κ3) is 5.23. The van der Waals surface area contributed by atoms with Gasteiger partial charge in [0.25, 0.3) is 0 Å². The third-order valence-corrected chi connectivity index (χ3v) is 4.43. The molecule has 0 fully saturated rings. The number of benzene rings is 2. The average molecular weight is 313 g/mol. The van der Waals surface area contributed by atoms with Crippen molar-refractivity contribution in [1.29, 1.82) is 0 Å². The van der Waals surface area contributed by atoms with Gasteiger partial charge in [-0.15, -0.1) is 11.8 Å². The summed E-state index contributed by atoms with van der Waals surface area (Å²) in [4.78, 5) is 14.5. The summed E-state index contributed by atoms with van der Waals surface area (Å²) in [5.41, 5.74) is 2.27. The van der Waals surface area contributed by atoms with Gasteiger partial charge in [0, 0.05) is 18.0 Å². The standard InChI is InChI=1S/C19H23NOS/c1-2-3-14-20(18-12-8-5-9-13-18)19(21)16-22-15-17-10-6-4-7-11-17/h4-13H,2-3,14-16H2,1H3. The summed E-state index contributed by atoms with van der Waals surface area (Å²) in [6, 6.07) is 20.3. The lowest BCUT2D eigenvalue weighted by atomic mass is 10.2. The number of nitrogens with zero attached hydrogens (tertiary/aromatic N) is 1. The van der Waals surface area contributed by atoms with Crippen molar-refractivity contribution in [3.63, 3.8) is 0 Å². The quantitative estimate of drug-likeness (QED) is 0.701. The largest absolute Gasteiger partial charge is 0.312 e. The van der Waals surface area contributed by atoms with Gasteiger partial charge in [0.05, 0.1) is 5.75 Å². The Hall–Kier alpha value is -1.74. The van der Waals surface area contributed by atoms with Gasteiger partial charge in [-0.2, -0.15) is 0 Å². The number of para-hydroxylation sites is 1. The van der Waals surface area contributed by atoms with Gasteiger partial charge in [-0.05, 0) is 24.1 Å². The molecule has 2 aromatic carbocycles. The van der Waals surface area contributed by atoms with Gasteiger partial charge < -0.3 is 4.90 Å². The van der Waals surface area contributed by atoms with E-state index in [1.807, 2.05) is 53.4 Å². The van der Waals surface area contributed by atoms with Crippen LogP contribution in [-0.2, 0) is 10.5 Å². The van der Waals surface area contributed by atoms with Crippen LogP contribution in [0.25, 0.3) is 0 Å². The van der Waals surface area contributed by atoms with Crippen LogP contribution in [0.4, 0.5) is 5.69 Å². The van der Waals surface area contributed by atoms with E-state index in [-0.39, 0.29) is 5.91 Å². The molecule has 0 spiro atoms. The maximum atomic E-state index is 12.5. The molecule has 0 bridgehead atoms. The van der Waals surface area contributed by atoms with Crippen molar-refractivity contribution in [2.75, 3.05) is 17.2 Å². The normalized spacial score (nSPS) is 10.4. The van der Waals surface area contributed by atoms with Crippen LogP contribution in [-0.4, -0.2) is 18.2 Å². The molecule has 0 aromatic heterocycles. The van der Waals surface area contributed by atoms with Crippen LogP contribution < -0.4 is 4.90 Å². The fourth-order valence-electron chi connectivity index (χ4n) is 2.23. The minimum absolute atomic E-state index is 0.195. The molecule has 3 heteroatoms. The van der Waals surface area contributed by atoms with Gasteiger partial charge in [-0.1, -0.05) is 61.9 Å². The number of anilines is 1. The predicted molar refractivity (Wildman–Crippen MR) is 96.3 cm³/mol. The van der Waals surface area contributed by atoms with E-state index < -0.39 is 0 Å². The molecule has 1 amide bonds. The zero-order chi connectivity index (χ0) is 15.6. The van der Waals surface area contributed by atoms with E-state index in [0.29, 0.717) is 5.75 Å². The number of carbonyl (C=O) groups excluding carboxylic acids is 1. The van der Waals surface area contributed by atoms with Crippen LogP contribution in [0.3, 0.4) is 0 Å². The van der Waals surface area contributed by atoms with E-state index >= 15 is 0 Å². The first-order chi connectivity index (χ1) is 10.8. The summed E-state index contributed by atoms with van der Waals surface area (Å²) in [5, 5.41) is 0. The predicted octanol–water partition coefficient (Wildman–Crippen LogP) is 4.75. The number of hydrogen-bond acceptors (Lipinski definition) is 2. The maximum Gasteiger partial charge on any atom is 0.236 e. The van der Waals surface area contributed by atoms with E-state index in [0.717, 1.165) is 30.8 Å². The summed E-state index contributed by atoms with van der Waals surface area (Å²) in [5.74, 6) is 1.59. The average Bonchev–Trinajstić information content (AvgIpc) is 2.57. The Morgan fingerprint density at radius 1 is 1.00 bits per heavy atom. The number of rotatable bonds is 8. The van der Waals surface area contributed by atoms with E-state index in [9.17, 15) is 4.79 Å². The van der Waals surface area contributed by atoms with Crippen LogP contribution >= 0.6 is 11.8 Å². The monoisotopic (exact) mass is 313 g/mol. The van der Waals surface area contributed by atoms with Crippen molar-refractivity contribution in [2.45, 2.75) is 25.5 Å². The van der Waals surface area contributed by atoms with Gasteiger partial charge in [0.2, 0.25) is 5.91 Å². The van der Waals surface area contributed by atoms with Crippen molar-refractivity contribution in [3.8, 4) is 0 Å². The third-order valence-electron chi connectivity index (χ3n) is 3.44. The van der Waals surface area contributed by atoms with E-state index in [2.05, 4.69) is 19.1 Å². The summed E-state index contributed by atoms with van der Waals surface area (Å²) >= 11 is 1.68. The molecular formula is C19H23NOS. The first-order valence-electron chi connectivity index (χ1n) is 7.78. The number of hydrogen-bond donors (Lipinski definition) is 0. The molecule has 0 saturated heterocycles. The first kappa shape index (κ1) is 16.6. The zero-order valence-corrected chi connectivity index (χ0v) is 13.9. The highest BCUT2D eigenvalue weighted by Gasteiger charge is 2.14. The smallest absolute Gasteiger partial charge is 0.236 e. The molecule has 0 unspecified atom stereocenters. The van der Waals surface area contributed by atoms with Crippen molar-refractivity contribution in [2.24, 2.45) is 0 Å². The summed E-state index contributed by atoms with van der Waals surface area (Å²) in [6.07, 6.45) is 2.12. The lowest BCUT2D eigenvalue weighted by molar-refractivity contribution is -0.116. The van der Waals surface area contributed by atoms with Crippen molar-refractivity contribution in [3.05, 3.63) is 66.2 Å². The molecule has 2 rings (SSSR count). The Morgan fingerprint density at radius 3 is 2.27 bits per heavy atom. The van der Waals surface area contributed by atoms with E-state index in [4.69, 9.17) is 0 Å². The van der Waals surface area contributed by atoms with Crippen LogP contribution in [0, 0.1) is 0 Å². The van der Waals surface area contributed by atoms with E-state index in [1.54, 1.807) is 11.8 Å². The summed E-state index contributed by atoms with van der Waals surface area (Å²) in [6.45, 7) is 2.95. The van der Waals surface area contributed by atoms with Crippen LogP contribution in [0.1, 0.15) is 25.3 Å². The lowest BCUT2D eigenvalue weighted by Crippen LogP contribution is -2.33. The summed E-state index contributed by atoms with van der Waals surface area (Å²) < 4.78 is 0. The van der Waals surface area contributed by atoms with Gasteiger partial charge in [-0.3, -0.25) is 4.79 Å². The van der Waals surface area contributed by atoms with Crippen LogP contribution in [0.5, 0.6) is 0 Å². The Balaban J connectivity index is 1.91. The molecule has 0 aliphatic rings. The second-order valence-corrected chi connectivity index (χ2v) is 6.20. The van der Waals surface area contributed by atoms with Gasteiger partial charge in [0.1, 0.15) is 0 Å². The molecule has 0 atom stereocenters. The second-order valence-electron chi connectivity index (χ2n) is 5.21. The molecule has 2 aromatic rings. The topological polar surface area (TPSA) is 20.3 Å². The Bertz CT molecular complexity index is 556. The molecular weight excluding hydrogens is 290 g/mol. The first-order valence-corrected chi connectivity index (χ1v) is 8.94. The highest BCUT2D eigenvalue weighted by molar-refractivity contribution is 7.99. The highest BCUT2D eigenvalue weighted by Crippen LogP contribution is 2.18. The molecule has 0 aliphatic heterocycles. The Kier molecular flexibility index (Phi) is 7.04. The van der Waals surface area contributed by atoms with Gasteiger partial charge in [0.15, 0.2) is 0 Å². The molecule has 0 N–H and O–H groups in total. The SMILES string of the molecule is CCCCN(C(=O)CSCc1ccccc1)c1ccccc1. The molecule has 0 aliphatic carbocycles. The molecule has 116 valence electrons. The highest BCUT2D eigenvalue weighted by atomic mass is 32.2. The van der Waals surface area contributed by atoms with Crippen LogP contribution in [0.15, 0.2) is 60.7 Å². The minimum Gasteiger partial charge on any atom is -0.312 e. The zero-order valence-electron chi connectivity index (χ0n) is 13.1. The molecule has 22 heavy (non-hydrogen) atoms. The maximum absolute atomic E-state index is 12.5. The number of unbranched alkanes of at least 4 members (excludes halogenated alkanes) is 1. The summed E-state index contributed by atoms with van der Waals surface area (Å²) in [7, 11) is 0. The van der Waals surface area contributed by atoms with Crippen LogP contribution in [0.2, 0.25) is 0 Å². The lowest BCUT2D eigenvalue weighted by Gasteiger charge is -2.22.